The second-order valence-corrected chi connectivity index (χ2v) is 10.3. The standard InChI is InChI=1S/C32H19N3OS/c36-31-24-16-15-22(19-26(24)33-32-35(31)29-12-6-7-13-30(29)37-32)34-27-11-5-4-10-23(27)25-18-21(14-17-28(25)34)20-8-2-1-3-9-20/h1-19H. The maximum atomic E-state index is 13.5. The number of benzene rings is 5. The first-order valence-electron chi connectivity index (χ1n) is 12.2. The summed E-state index contributed by atoms with van der Waals surface area (Å²) in [4.78, 5) is 19.1. The van der Waals surface area contributed by atoms with Crippen molar-refractivity contribution in [2.24, 2.45) is 0 Å². The number of hydrogen-bond donors (Lipinski definition) is 0. The van der Waals surface area contributed by atoms with E-state index in [1.165, 1.54) is 21.9 Å². The zero-order valence-electron chi connectivity index (χ0n) is 19.6. The molecule has 0 aliphatic carbocycles. The highest BCUT2D eigenvalue weighted by Gasteiger charge is 2.16. The summed E-state index contributed by atoms with van der Waals surface area (Å²) in [5.74, 6) is 0. The Morgan fingerprint density at radius 3 is 2.24 bits per heavy atom. The van der Waals surface area contributed by atoms with E-state index in [1.807, 2.05) is 48.5 Å². The third-order valence-electron chi connectivity index (χ3n) is 7.17. The van der Waals surface area contributed by atoms with E-state index in [2.05, 4.69) is 71.3 Å². The summed E-state index contributed by atoms with van der Waals surface area (Å²) in [6.45, 7) is 0. The van der Waals surface area contributed by atoms with E-state index in [-0.39, 0.29) is 5.56 Å². The molecule has 0 atom stereocenters. The van der Waals surface area contributed by atoms with E-state index >= 15 is 0 Å². The van der Waals surface area contributed by atoms with Gasteiger partial charge in [-0.25, -0.2) is 4.98 Å². The number of para-hydroxylation sites is 2. The first-order valence-corrected chi connectivity index (χ1v) is 13.0. The summed E-state index contributed by atoms with van der Waals surface area (Å²) < 4.78 is 5.06. The average Bonchev–Trinajstić information content (AvgIpc) is 3.48. The van der Waals surface area contributed by atoms with Crippen LogP contribution in [0.1, 0.15) is 0 Å². The van der Waals surface area contributed by atoms with Crippen LogP contribution in [0.2, 0.25) is 0 Å². The SMILES string of the molecule is O=c1c2ccc(-n3c4ccccc4c4cc(-c5ccccc5)ccc43)cc2nc2sc3ccccc3n12. The topological polar surface area (TPSA) is 39.3 Å². The fourth-order valence-electron chi connectivity index (χ4n) is 5.46. The maximum absolute atomic E-state index is 13.5. The van der Waals surface area contributed by atoms with Gasteiger partial charge in [0.05, 0.1) is 32.2 Å². The molecule has 0 N–H and O–H groups in total. The van der Waals surface area contributed by atoms with E-state index < -0.39 is 0 Å². The Labute approximate surface area is 215 Å². The van der Waals surface area contributed by atoms with E-state index in [4.69, 9.17) is 4.98 Å². The third-order valence-corrected chi connectivity index (χ3v) is 8.19. The molecule has 37 heavy (non-hydrogen) atoms. The summed E-state index contributed by atoms with van der Waals surface area (Å²) in [5.41, 5.74) is 7.22. The minimum Gasteiger partial charge on any atom is -0.309 e. The van der Waals surface area contributed by atoms with Crippen molar-refractivity contribution in [2.75, 3.05) is 0 Å². The molecule has 5 aromatic carbocycles. The summed E-state index contributed by atoms with van der Waals surface area (Å²) in [7, 11) is 0. The molecule has 0 saturated heterocycles. The Hall–Kier alpha value is -4.74. The van der Waals surface area contributed by atoms with Crippen molar-refractivity contribution in [3.63, 3.8) is 0 Å². The molecule has 8 aromatic rings. The second kappa shape index (κ2) is 7.63. The largest absolute Gasteiger partial charge is 0.309 e. The van der Waals surface area contributed by atoms with E-state index in [0.717, 1.165) is 26.9 Å². The Bertz CT molecular complexity index is 2220. The van der Waals surface area contributed by atoms with Crippen molar-refractivity contribution >= 4 is 59.2 Å². The van der Waals surface area contributed by atoms with Crippen LogP contribution in [0.3, 0.4) is 0 Å². The van der Waals surface area contributed by atoms with Crippen LogP contribution in [0.25, 0.3) is 64.7 Å². The Balaban J connectivity index is 1.40. The molecule has 174 valence electrons. The van der Waals surface area contributed by atoms with Crippen LogP contribution in [0, 0.1) is 0 Å². The first-order chi connectivity index (χ1) is 18.3. The average molecular weight is 494 g/mol. The Morgan fingerprint density at radius 2 is 1.35 bits per heavy atom. The molecule has 0 aliphatic rings. The molecule has 5 heteroatoms. The number of nitrogens with zero attached hydrogens (tertiary/aromatic N) is 3. The first kappa shape index (κ1) is 20.5. The lowest BCUT2D eigenvalue weighted by Gasteiger charge is -2.09. The number of rotatable bonds is 2. The highest BCUT2D eigenvalue weighted by atomic mass is 32.1. The predicted molar refractivity (Wildman–Crippen MR) is 154 cm³/mol. The van der Waals surface area contributed by atoms with Gasteiger partial charge in [0.25, 0.3) is 5.56 Å². The van der Waals surface area contributed by atoms with Crippen LogP contribution in [-0.2, 0) is 0 Å². The molecule has 0 saturated carbocycles. The van der Waals surface area contributed by atoms with Gasteiger partial charge in [0.15, 0.2) is 4.96 Å². The van der Waals surface area contributed by atoms with Gasteiger partial charge in [0.2, 0.25) is 0 Å². The van der Waals surface area contributed by atoms with Crippen LogP contribution in [0.4, 0.5) is 0 Å². The molecular weight excluding hydrogens is 474 g/mol. The predicted octanol–water partition coefficient (Wildman–Crippen LogP) is 7.83. The van der Waals surface area contributed by atoms with Crippen LogP contribution in [-0.4, -0.2) is 14.0 Å². The molecule has 4 nitrogen and oxygen atoms in total. The lowest BCUT2D eigenvalue weighted by Crippen LogP contribution is -2.13. The molecule has 0 bridgehead atoms. The van der Waals surface area contributed by atoms with Gasteiger partial charge in [-0.2, -0.15) is 0 Å². The number of hydrogen-bond acceptors (Lipinski definition) is 3. The van der Waals surface area contributed by atoms with Gasteiger partial charge in [-0.15, -0.1) is 0 Å². The maximum Gasteiger partial charge on any atom is 0.266 e. The number of fused-ring (bicyclic) bond motifs is 7. The van der Waals surface area contributed by atoms with Crippen LogP contribution in [0.15, 0.2) is 120 Å². The van der Waals surface area contributed by atoms with Crippen LogP contribution in [0.5, 0.6) is 0 Å². The van der Waals surface area contributed by atoms with E-state index in [0.29, 0.717) is 15.9 Å². The van der Waals surface area contributed by atoms with Gasteiger partial charge < -0.3 is 4.57 Å². The van der Waals surface area contributed by atoms with Crippen molar-refractivity contribution in [2.45, 2.75) is 0 Å². The molecule has 0 fully saturated rings. The smallest absolute Gasteiger partial charge is 0.266 e. The van der Waals surface area contributed by atoms with Gasteiger partial charge in [0, 0.05) is 16.5 Å². The van der Waals surface area contributed by atoms with Gasteiger partial charge in [-0.05, 0) is 59.7 Å². The lowest BCUT2D eigenvalue weighted by molar-refractivity contribution is 1.15. The number of aromatic nitrogens is 3. The molecule has 3 heterocycles. The molecule has 0 unspecified atom stereocenters. The Morgan fingerprint density at radius 1 is 0.595 bits per heavy atom. The third kappa shape index (κ3) is 2.95. The van der Waals surface area contributed by atoms with Gasteiger partial charge in [-0.3, -0.25) is 9.20 Å². The van der Waals surface area contributed by atoms with Crippen molar-refractivity contribution < 1.29 is 0 Å². The summed E-state index contributed by atoms with van der Waals surface area (Å²) in [6, 6.07) is 39.5. The zero-order chi connectivity index (χ0) is 24.5. The van der Waals surface area contributed by atoms with Crippen LogP contribution < -0.4 is 5.56 Å². The monoisotopic (exact) mass is 493 g/mol. The fraction of sp³-hybridized carbons (Fsp3) is 0. The minimum atomic E-state index is -0.0290. The summed E-state index contributed by atoms with van der Waals surface area (Å²) in [5, 5.41) is 3.02. The molecular formula is C32H19N3OS. The summed E-state index contributed by atoms with van der Waals surface area (Å²) in [6.07, 6.45) is 0. The van der Waals surface area contributed by atoms with Gasteiger partial charge in [-0.1, -0.05) is 78.1 Å². The highest BCUT2D eigenvalue weighted by Crippen LogP contribution is 2.35. The van der Waals surface area contributed by atoms with E-state index in [1.54, 1.807) is 15.7 Å². The molecule has 3 aromatic heterocycles. The van der Waals surface area contributed by atoms with Crippen molar-refractivity contribution in [1.82, 2.24) is 14.0 Å². The van der Waals surface area contributed by atoms with Gasteiger partial charge in [0.1, 0.15) is 0 Å². The fourth-order valence-corrected chi connectivity index (χ4v) is 6.49. The molecule has 0 amide bonds. The van der Waals surface area contributed by atoms with Crippen LogP contribution >= 0.6 is 11.3 Å². The van der Waals surface area contributed by atoms with Crippen molar-refractivity contribution in [1.29, 1.82) is 0 Å². The number of thiazole rings is 1. The highest BCUT2D eigenvalue weighted by molar-refractivity contribution is 7.23. The second-order valence-electron chi connectivity index (χ2n) is 9.26. The molecule has 0 aliphatic heterocycles. The molecule has 0 radical (unpaired) electrons. The quantitative estimate of drug-likeness (QED) is 0.246. The van der Waals surface area contributed by atoms with E-state index in [9.17, 15) is 4.79 Å². The molecule has 8 rings (SSSR count). The minimum absolute atomic E-state index is 0.0290. The van der Waals surface area contributed by atoms with Crippen molar-refractivity contribution in [3.05, 3.63) is 126 Å². The van der Waals surface area contributed by atoms with Crippen molar-refractivity contribution in [3.8, 4) is 16.8 Å². The lowest BCUT2D eigenvalue weighted by atomic mass is 10.0. The normalized spacial score (nSPS) is 11.9. The molecule has 0 spiro atoms. The van der Waals surface area contributed by atoms with Gasteiger partial charge >= 0.3 is 0 Å². The zero-order valence-corrected chi connectivity index (χ0v) is 20.4. The Kier molecular flexibility index (Phi) is 4.22. The summed E-state index contributed by atoms with van der Waals surface area (Å²) >= 11 is 1.54.